The molecule has 0 heterocycles. The Bertz CT molecular complexity index is 262. The summed E-state index contributed by atoms with van der Waals surface area (Å²) < 4.78 is 4.44. The largest absolute Gasteiger partial charge is 0.467 e. The second-order valence-electron chi connectivity index (χ2n) is 3.03. The van der Waals surface area contributed by atoms with Gasteiger partial charge in [-0.2, -0.15) is 0 Å². The molecule has 2 atom stereocenters. The molecule has 0 aromatic carbocycles. The Labute approximate surface area is 75.1 Å². The highest BCUT2D eigenvalue weighted by molar-refractivity contribution is 5.80. The number of methoxy groups -OCH3 is 1. The molecule has 0 unspecified atom stereocenters. The van der Waals surface area contributed by atoms with Crippen molar-refractivity contribution >= 4 is 5.97 Å². The van der Waals surface area contributed by atoms with E-state index < -0.39 is 17.6 Å². The summed E-state index contributed by atoms with van der Waals surface area (Å²) in [5, 5.41) is 13.2. The minimum Gasteiger partial charge on any atom is -0.467 e. The van der Waals surface area contributed by atoms with Crippen molar-refractivity contribution in [2.24, 2.45) is 5.11 Å². The number of carbonyl (C=O) groups is 1. The summed E-state index contributed by atoms with van der Waals surface area (Å²) in [6.45, 7) is 0. The van der Waals surface area contributed by atoms with Crippen LogP contribution in [0.25, 0.3) is 10.4 Å². The molecule has 0 saturated heterocycles. The van der Waals surface area contributed by atoms with Crippen LogP contribution in [-0.4, -0.2) is 29.8 Å². The lowest BCUT2D eigenvalue weighted by Gasteiger charge is -2.23. The lowest BCUT2D eigenvalue weighted by atomic mass is 9.99. The minimum absolute atomic E-state index is 0.295. The van der Waals surface area contributed by atoms with Gasteiger partial charge in [-0.1, -0.05) is 5.11 Å². The van der Waals surface area contributed by atoms with Crippen LogP contribution in [0.2, 0.25) is 0 Å². The van der Waals surface area contributed by atoms with Gasteiger partial charge in [0.1, 0.15) is 0 Å². The number of ether oxygens (including phenoxy) is 1. The highest BCUT2D eigenvalue weighted by atomic mass is 16.5. The first-order chi connectivity index (χ1) is 6.15. The first kappa shape index (κ1) is 9.83. The lowest BCUT2D eigenvalue weighted by Crippen LogP contribution is -2.45. The molecular weight excluding hydrogens is 174 g/mol. The Kier molecular flexibility index (Phi) is 2.75. The van der Waals surface area contributed by atoms with Gasteiger partial charge >= 0.3 is 5.97 Å². The van der Waals surface area contributed by atoms with E-state index in [1.165, 1.54) is 7.11 Å². The molecule has 72 valence electrons. The van der Waals surface area contributed by atoms with Crippen LogP contribution in [0.4, 0.5) is 0 Å². The summed E-state index contributed by atoms with van der Waals surface area (Å²) in [7, 11) is 1.20. The van der Waals surface area contributed by atoms with E-state index in [2.05, 4.69) is 14.8 Å². The molecule has 6 heteroatoms. The highest BCUT2D eigenvalue weighted by Gasteiger charge is 2.48. The minimum atomic E-state index is -1.61. The van der Waals surface area contributed by atoms with Gasteiger partial charge in [0.05, 0.1) is 13.2 Å². The molecule has 1 rings (SSSR count). The molecule has 0 aromatic heterocycles. The van der Waals surface area contributed by atoms with Crippen molar-refractivity contribution in [3.05, 3.63) is 10.4 Å². The van der Waals surface area contributed by atoms with Crippen molar-refractivity contribution in [3.63, 3.8) is 0 Å². The Hall–Kier alpha value is -1.26. The number of hydrogen-bond acceptors (Lipinski definition) is 4. The zero-order valence-electron chi connectivity index (χ0n) is 7.30. The molecule has 1 aliphatic rings. The summed E-state index contributed by atoms with van der Waals surface area (Å²) >= 11 is 0. The van der Waals surface area contributed by atoms with E-state index in [9.17, 15) is 9.90 Å². The lowest BCUT2D eigenvalue weighted by molar-refractivity contribution is -0.162. The Balaban J connectivity index is 2.86. The topological polar surface area (TPSA) is 95.3 Å². The Morgan fingerprint density at radius 3 is 3.08 bits per heavy atom. The molecule has 0 amide bonds. The predicted molar refractivity (Wildman–Crippen MR) is 43.8 cm³/mol. The van der Waals surface area contributed by atoms with Crippen LogP contribution in [0.1, 0.15) is 19.3 Å². The molecule has 0 aromatic rings. The fourth-order valence-electron chi connectivity index (χ4n) is 1.60. The monoisotopic (exact) mass is 185 g/mol. The summed E-state index contributed by atoms with van der Waals surface area (Å²) in [5.41, 5.74) is 6.60. The molecule has 6 nitrogen and oxygen atoms in total. The van der Waals surface area contributed by atoms with Gasteiger partial charge in [-0.05, 0) is 24.8 Å². The van der Waals surface area contributed by atoms with Gasteiger partial charge < -0.3 is 9.84 Å². The van der Waals surface area contributed by atoms with Gasteiger partial charge in [0.2, 0.25) is 0 Å². The summed E-state index contributed by atoms with van der Waals surface area (Å²) in [4.78, 5) is 13.8. The van der Waals surface area contributed by atoms with E-state index in [1.54, 1.807) is 0 Å². The molecule has 0 spiro atoms. The van der Waals surface area contributed by atoms with E-state index in [0.29, 0.717) is 19.3 Å². The van der Waals surface area contributed by atoms with Gasteiger partial charge in [-0.25, -0.2) is 4.79 Å². The molecule has 0 aliphatic heterocycles. The second-order valence-corrected chi connectivity index (χ2v) is 3.03. The quantitative estimate of drug-likeness (QED) is 0.297. The van der Waals surface area contributed by atoms with Crippen LogP contribution in [-0.2, 0) is 9.53 Å². The fraction of sp³-hybridized carbons (Fsp3) is 0.857. The van der Waals surface area contributed by atoms with Crippen LogP contribution in [0, 0.1) is 0 Å². The molecule has 0 bridgehead atoms. The van der Waals surface area contributed by atoms with Gasteiger partial charge in [-0.3, -0.25) is 0 Å². The van der Waals surface area contributed by atoms with Crippen LogP contribution in [0.15, 0.2) is 5.11 Å². The average molecular weight is 185 g/mol. The third-order valence-corrected chi connectivity index (χ3v) is 2.32. The second kappa shape index (κ2) is 3.64. The molecule has 1 N–H and O–H groups in total. The standard InChI is InChI=1S/C7H11N3O3/c1-13-6(11)7(12)4-2-3-5(7)9-10-8/h5,12H,2-4H2,1H3/t5-,7-/m1/s1. The van der Waals surface area contributed by atoms with Crippen LogP contribution in [0.3, 0.4) is 0 Å². The molecule has 1 aliphatic carbocycles. The predicted octanol–water partition coefficient (Wildman–Crippen LogP) is 0.753. The normalized spacial score (nSPS) is 32.3. The van der Waals surface area contributed by atoms with Gasteiger partial charge in [-0.15, -0.1) is 0 Å². The van der Waals surface area contributed by atoms with E-state index in [-0.39, 0.29) is 0 Å². The number of rotatable bonds is 2. The molecular formula is C7H11N3O3. The maximum absolute atomic E-state index is 11.2. The maximum atomic E-state index is 11.2. The maximum Gasteiger partial charge on any atom is 0.338 e. The van der Waals surface area contributed by atoms with Crippen LogP contribution >= 0.6 is 0 Å². The molecule has 1 fully saturated rings. The first-order valence-electron chi connectivity index (χ1n) is 4.00. The third kappa shape index (κ3) is 1.59. The SMILES string of the molecule is COC(=O)[C@@]1(O)CCC[C@H]1N=[N+]=[N-]. The molecule has 0 radical (unpaired) electrons. The van der Waals surface area contributed by atoms with Crippen molar-refractivity contribution in [2.45, 2.75) is 30.9 Å². The van der Waals surface area contributed by atoms with Crippen molar-refractivity contribution in [3.8, 4) is 0 Å². The summed E-state index contributed by atoms with van der Waals surface area (Å²) in [6, 6.07) is -0.690. The Morgan fingerprint density at radius 1 is 1.85 bits per heavy atom. The number of hydrogen-bond donors (Lipinski definition) is 1. The van der Waals surface area contributed by atoms with Gasteiger partial charge in [0, 0.05) is 4.91 Å². The van der Waals surface area contributed by atoms with E-state index in [0.717, 1.165) is 0 Å². The number of nitrogens with zero attached hydrogens (tertiary/aromatic N) is 3. The van der Waals surface area contributed by atoms with Crippen molar-refractivity contribution in [1.29, 1.82) is 0 Å². The van der Waals surface area contributed by atoms with Crippen LogP contribution in [0.5, 0.6) is 0 Å². The Morgan fingerprint density at radius 2 is 2.54 bits per heavy atom. The molecule has 13 heavy (non-hydrogen) atoms. The molecule has 1 saturated carbocycles. The van der Waals surface area contributed by atoms with Crippen molar-refractivity contribution in [2.75, 3.05) is 7.11 Å². The van der Waals surface area contributed by atoms with Gasteiger partial charge in [0.25, 0.3) is 0 Å². The van der Waals surface area contributed by atoms with E-state index >= 15 is 0 Å². The van der Waals surface area contributed by atoms with Crippen LogP contribution < -0.4 is 0 Å². The number of aliphatic hydroxyl groups is 1. The zero-order valence-corrected chi connectivity index (χ0v) is 7.30. The highest BCUT2D eigenvalue weighted by Crippen LogP contribution is 2.33. The number of carbonyl (C=O) groups excluding carboxylic acids is 1. The summed E-state index contributed by atoms with van der Waals surface area (Å²) in [5.74, 6) is -0.720. The fourth-order valence-corrected chi connectivity index (χ4v) is 1.60. The number of azide groups is 1. The van der Waals surface area contributed by atoms with Crippen molar-refractivity contribution in [1.82, 2.24) is 0 Å². The van der Waals surface area contributed by atoms with E-state index in [1.807, 2.05) is 0 Å². The first-order valence-corrected chi connectivity index (χ1v) is 4.00. The number of esters is 1. The van der Waals surface area contributed by atoms with Gasteiger partial charge in [0.15, 0.2) is 5.60 Å². The summed E-state index contributed by atoms with van der Waals surface area (Å²) in [6.07, 6.45) is 1.48. The smallest absolute Gasteiger partial charge is 0.338 e. The van der Waals surface area contributed by atoms with E-state index in [4.69, 9.17) is 5.53 Å². The zero-order chi connectivity index (χ0) is 9.90. The third-order valence-electron chi connectivity index (χ3n) is 2.32. The van der Waals surface area contributed by atoms with Crippen molar-refractivity contribution < 1.29 is 14.6 Å². The average Bonchev–Trinajstić information content (AvgIpc) is 2.49.